The maximum atomic E-state index is 9.23. The van der Waals surface area contributed by atoms with Crippen LogP contribution in [0.1, 0.15) is 0 Å². The van der Waals surface area contributed by atoms with Crippen molar-refractivity contribution < 1.29 is 15.7 Å². The summed E-state index contributed by atoms with van der Waals surface area (Å²) >= 11 is 0. The Morgan fingerprint density at radius 1 is 1.14 bits per heavy atom. The summed E-state index contributed by atoms with van der Waals surface area (Å²) in [7, 11) is 1.89. The van der Waals surface area contributed by atoms with Gasteiger partial charge in [0.05, 0.1) is 13.7 Å². The highest BCUT2D eigenvalue weighted by atomic mass is 16.3. The van der Waals surface area contributed by atoms with E-state index in [-0.39, 0.29) is 18.8 Å². The first-order chi connectivity index (χ1) is 6.23. The minimum atomic E-state index is 0. The van der Waals surface area contributed by atoms with E-state index in [1.54, 1.807) is 0 Å². The molecule has 0 aromatic heterocycles. The molecular weight excluding hydrogens is 182 g/mol. The molecule has 0 saturated heterocycles. The maximum absolute atomic E-state index is 9.23. The first kappa shape index (κ1) is 13.1. The Morgan fingerprint density at radius 2 is 1.71 bits per heavy atom. The average molecular weight is 199 g/mol. The fraction of sp³-hybridized carbons (Fsp3) is 0.400. The molecule has 0 amide bonds. The van der Waals surface area contributed by atoms with Crippen LogP contribution in [0.15, 0.2) is 30.3 Å². The lowest BCUT2D eigenvalue weighted by Crippen LogP contribution is -2.47. The van der Waals surface area contributed by atoms with Crippen molar-refractivity contribution in [3.05, 3.63) is 30.3 Å². The van der Waals surface area contributed by atoms with Crippen molar-refractivity contribution in [1.29, 1.82) is 0 Å². The Labute approximate surface area is 83.9 Å². The lowest BCUT2D eigenvalue weighted by molar-refractivity contribution is 0.114. The smallest absolute Gasteiger partial charge is 0.184 e. The van der Waals surface area contributed by atoms with Crippen LogP contribution in [-0.2, 0) is 0 Å². The van der Waals surface area contributed by atoms with Crippen LogP contribution >= 0.6 is 0 Å². The second kappa shape index (κ2) is 5.72. The van der Waals surface area contributed by atoms with Crippen LogP contribution in [-0.4, -0.2) is 42.6 Å². The molecule has 1 unspecified atom stereocenters. The van der Waals surface area contributed by atoms with Crippen molar-refractivity contribution in [2.24, 2.45) is 0 Å². The van der Waals surface area contributed by atoms with Crippen molar-refractivity contribution in [2.45, 2.75) is 0 Å². The fourth-order valence-corrected chi connectivity index (χ4v) is 1.29. The van der Waals surface area contributed by atoms with Crippen LogP contribution in [0.2, 0.25) is 0 Å². The standard InChI is InChI=1S/C10H16NO2.H2O/c1-11(9-13,7-8-12)10-5-3-2-4-6-10;/h2-6,12-13H,7-9H2,1H3;1H2/q+1;/p-1. The van der Waals surface area contributed by atoms with E-state index < -0.39 is 0 Å². The third kappa shape index (κ3) is 2.78. The molecule has 1 rings (SSSR count). The molecule has 0 saturated carbocycles. The third-order valence-electron chi connectivity index (χ3n) is 2.29. The Hall–Kier alpha value is -0.940. The Kier molecular flexibility index (Phi) is 5.34. The van der Waals surface area contributed by atoms with Gasteiger partial charge >= 0.3 is 0 Å². The number of aliphatic hydroxyl groups excluding tert-OH is 2. The van der Waals surface area contributed by atoms with Gasteiger partial charge in [-0.3, -0.25) is 4.48 Å². The van der Waals surface area contributed by atoms with E-state index in [1.807, 2.05) is 37.4 Å². The third-order valence-corrected chi connectivity index (χ3v) is 2.29. The lowest BCUT2D eigenvalue weighted by Gasteiger charge is -2.30. The van der Waals surface area contributed by atoms with Crippen molar-refractivity contribution >= 4 is 5.69 Å². The second-order valence-electron chi connectivity index (χ2n) is 3.32. The number of hydrogen-bond acceptors (Lipinski definition) is 3. The highest BCUT2D eigenvalue weighted by Crippen LogP contribution is 2.18. The van der Waals surface area contributed by atoms with Crippen molar-refractivity contribution in [3.63, 3.8) is 0 Å². The van der Waals surface area contributed by atoms with E-state index in [0.29, 0.717) is 11.0 Å². The number of rotatable bonds is 4. The largest absolute Gasteiger partial charge is 0.870 e. The molecule has 4 nitrogen and oxygen atoms in total. The number of nitrogens with zero attached hydrogens (tertiary/aromatic N) is 1. The first-order valence-corrected chi connectivity index (χ1v) is 4.35. The molecule has 1 aromatic carbocycles. The molecule has 0 aliphatic rings. The fourth-order valence-electron chi connectivity index (χ4n) is 1.29. The Bertz CT molecular complexity index is 253. The van der Waals surface area contributed by atoms with Gasteiger partial charge in [-0.05, 0) is 12.1 Å². The van der Waals surface area contributed by atoms with Crippen LogP contribution in [0.3, 0.4) is 0 Å². The van der Waals surface area contributed by atoms with E-state index in [0.717, 1.165) is 5.69 Å². The summed E-state index contributed by atoms with van der Waals surface area (Å²) in [6, 6.07) is 9.69. The zero-order valence-corrected chi connectivity index (χ0v) is 8.30. The molecule has 4 heteroatoms. The molecule has 0 aliphatic heterocycles. The van der Waals surface area contributed by atoms with E-state index in [9.17, 15) is 5.11 Å². The van der Waals surface area contributed by atoms with Gasteiger partial charge in [0.25, 0.3) is 0 Å². The minimum absolute atomic E-state index is 0. The van der Waals surface area contributed by atoms with Crippen LogP contribution < -0.4 is 4.48 Å². The normalized spacial score (nSPS) is 14.2. The number of benzene rings is 1. The van der Waals surface area contributed by atoms with Gasteiger partial charge in [-0.15, -0.1) is 0 Å². The van der Waals surface area contributed by atoms with Crippen molar-refractivity contribution in [2.75, 3.05) is 26.9 Å². The van der Waals surface area contributed by atoms with E-state index in [2.05, 4.69) is 0 Å². The second-order valence-corrected chi connectivity index (χ2v) is 3.32. The summed E-state index contributed by atoms with van der Waals surface area (Å²) in [6.45, 7) is 0.608. The topological polar surface area (TPSA) is 70.5 Å². The zero-order chi connectivity index (χ0) is 9.73. The summed E-state index contributed by atoms with van der Waals surface area (Å²) in [5, 5.41) is 18.1. The van der Waals surface area contributed by atoms with Gasteiger partial charge in [-0.1, -0.05) is 18.2 Å². The van der Waals surface area contributed by atoms with E-state index in [4.69, 9.17) is 5.11 Å². The molecule has 1 aromatic rings. The van der Waals surface area contributed by atoms with Gasteiger partial charge in [0, 0.05) is 0 Å². The molecule has 0 fully saturated rings. The zero-order valence-electron chi connectivity index (χ0n) is 8.30. The van der Waals surface area contributed by atoms with Crippen LogP contribution in [0.4, 0.5) is 5.69 Å². The van der Waals surface area contributed by atoms with Gasteiger partial charge in [-0.2, -0.15) is 0 Å². The highest BCUT2D eigenvalue weighted by Gasteiger charge is 2.22. The highest BCUT2D eigenvalue weighted by molar-refractivity contribution is 5.41. The molecule has 14 heavy (non-hydrogen) atoms. The molecule has 0 radical (unpaired) electrons. The average Bonchev–Trinajstić information content (AvgIpc) is 2.19. The molecule has 80 valence electrons. The van der Waals surface area contributed by atoms with Crippen LogP contribution in [0, 0.1) is 0 Å². The number of hydrogen-bond donors (Lipinski definition) is 2. The molecule has 3 N–H and O–H groups in total. The van der Waals surface area contributed by atoms with Gasteiger partial charge < -0.3 is 15.7 Å². The summed E-state index contributed by atoms with van der Waals surface area (Å²) in [6.07, 6.45) is 0. The van der Waals surface area contributed by atoms with Gasteiger partial charge in [0.2, 0.25) is 0 Å². The summed E-state index contributed by atoms with van der Waals surface area (Å²) < 4.78 is 0.358. The summed E-state index contributed by atoms with van der Waals surface area (Å²) in [5.74, 6) is 0. The van der Waals surface area contributed by atoms with Crippen LogP contribution in [0.5, 0.6) is 0 Å². The summed E-state index contributed by atoms with van der Waals surface area (Å²) in [5.41, 5.74) is 1.01. The molecule has 1 atom stereocenters. The molecule has 0 heterocycles. The maximum Gasteiger partial charge on any atom is 0.184 e. The van der Waals surface area contributed by atoms with E-state index >= 15 is 0 Å². The quantitative estimate of drug-likeness (QED) is 0.544. The van der Waals surface area contributed by atoms with Gasteiger partial charge in [0.15, 0.2) is 6.73 Å². The predicted octanol–water partition coefficient (Wildman–Crippen LogP) is 0.389. The van der Waals surface area contributed by atoms with Gasteiger partial charge in [0.1, 0.15) is 12.2 Å². The lowest BCUT2D eigenvalue weighted by atomic mass is 10.2. The molecule has 0 spiro atoms. The SMILES string of the molecule is C[N+](CO)(CCO)c1ccccc1.[OH-]. The van der Waals surface area contributed by atoms with E-state index in [1.165, 1.54) is 0 Å². The summed E-state index contributed by atoms with van der Waals surface area (Å²) in [4.78, 5) is 0. The first-order valence-electron chi connectivity index (χ1n) is 4.35. The minimum Gasteiger partial charge on any atom is -0.870 e. The predicted molar refractivity (Wildman–Crippen MR) is 55.1 cm³/mol. The molecule has 0 bridgehead atoms. The number of quaternary nitrogens is 1. The molecular formula is C10H17NO3. The number of aliphatic hydroxyl groups is 2. The van der Waals surface area contributed by atoms with Crippen molar-refractivity contribution in [1.82, 2.24) is 4.48 Å². The number of likely N-dealkylation sites (N-methyl/N-ethyl adjacent to an activating group) is 1. The van der Waals surface area contributed by atoms with Gasteiger partial charge in [-0.25, -0.2) is 0 Å². The van der Waals surface area contributed by atoms with Crippen molar-refractivity contribution in [3.8, 4) is 0 Å². The Balaban J connectivity index is 0.00000169. The Morgan fingerprint density at radius 3 is 2.14 bits per heavy atom. The molecule has 0 aliphatic carbocycles. The monoisotopic (exact) mass is 199 g/mol. The number of para-hydroxylation sites is 1. The van der Waals surface area contributed by atoms with Crippen LogP contribution in [0.25, 0.3) is 0 Å².